The van der Waals surface area contributed by atoms with E-state index in [1.807, 2.05) is 0 Å². The Morgan fingerprint density at radius 2 is 1.85 bits per heavy atom. The maximum absolute atomic E-state index is 13.6. The minimum atomic E-state index is -0.561. The molecule has 1 amide bonds. The summed E-state index contributed by atoms with van der Waals surface area (Å²) in [6, 6.07) is 12.1. The molecule has 0 spiro atoms. The number of hydrogen-bond acceptors (Lipinski definition) is 8. The van der Waals surface area contributed by atoms with Crippen LogP contribution in [0.4, 0.5) is 26.6 Å². The number of amides is 1. The van der Waals surface area contributed by atoms with E-state index in [9.17, 15) is 19.3 Å². The summed E-state index contributed by atoms with van der Waals surface area (Å²) in [6.07, 6.45) is 0. The summed E-state index contributed by atoms with van der Waals surface area (Å²) in [5.41, 5.74) is 0.231. The largest absolute Gasteiger partial charge is 0.328 e. The molecule has 0 aliphatic carbocycles. The molecule has 8 nitrogen and oxygen atoms in total. The van der Waals surface area contributed by atoms with Crippen LogP contribution in [0, 0.1) is 15.9 Å². The molecule has 138 valence electrons. The Labute approximate surface area is 161 Å². The maximum Gasteiger partial charge on any atom is 0.292 e. The number of para-hydroxylation sites is 3. The number of rotatable bonds is 7. The number of carbonyl (C=O) groups excluding carboxylic acids is 1. The van der Waals surface area contributed by atoms with Gasteiger partial charge in [0.25, 0.3) is 5.69 Å². The smallest absolute Gasteiger partial charge is 0.292 e. The molecule has 0 saturated carbocycles. The molecule has 0 aliphatic heterocycles. The van der Waals surface area contributed by atoms with E-state index in [-0.39, 0.29) is 22.8 Å². The molecule has 1 heterocycles. The normalized spacial score (nSPS) is 10.4. The molecule has 0 fully saturated rings. The standard InChI is InChI=1S/C16H12FN5O3S2/c17-10-5-1-2-6-11(10)19-15-20-21-16(27-15)26-9-14(23)18-12-7-3-4-8-13(12)22(24)25/h1-8H,9H2,(H,18,23)(H,19,20). The van der Waals surface area contributed by atoms with E-state index in [0.29, 0.717) is 9.47 Å². The highest BCUT2D eigenvalue weighted by atomic mass is 32.2. The summed E-state index contributed by atoms with van der Waals surface area (Å²) >= 11 is 2.29. The average molecular weight is 405 g/mol. The first-order chi connectivity index (χ1) is 13.0. The Balaban J connectivity index is 1.56. The van der Waals surface area contributed by atoms with E-state index in [0.717, 1.165) is 11.8 Å². The topological polar surface area (TPSA) is 110 Å². The van der Waals surface area contributed by atoms with Crippen LogP contribution in [0.15, 0.2) is 52.9 Å². The first-order valence-electron chi connectivity index (χ1n) is 7.54. The maximum atomic E-state index is 13.6. The highest BCUT2D eigenvalue weighted by molar-refractivity contribution is 8.01. The van der Waals surface area contributed by atoms with Crippen LogP contribution in [-0.2, 0) is 4.79 Å². The summed E-state index contributed by atoms with van der Waals surface area (Å²) in [4.78, 5) is 22.4. The van der Waals surface area contributed by atoms with Crippen molar-refractivity contribution in [2.45, 2.75) is 4.34 Å². The SMILES string of the molecule is O=C(CSc1nnc(Nc2ccccc2F)s1)Nc1ccccc1[N+](=O)[O-]. The summed E-state index contributed by atoms with van der Waals surface area (Å²) in [7, 11) is 0. The number of thioether (sulfide) groups is 1. The first kappa shape index (κ1) is 18.7. The lowest BCUT2D eigenvalue weighted by Gasteiger charge is -2.04. The van der Waals surface area contributed by atoms with Gasteiger partial charge in [0.1, 0.15) is 11.5 Å². The van der Waals surface area contributed by atoms with Crippen LogP contribution >= 0.6 is 23.1 Å². The van der Waals surface area contributed by atoms with Crippen LogP contribution < -0.4 is 10.6 Å². The summed E-state index contributed by atoms with van der Waals surface area (Å²) in [5, 5.41) is 24.5. The van der Waals surface area contributed by atoms with Crippen molar-refractivity contribution in [1.29, 1.82) is 0 Å². The van der Waals surface area contributed by atoms with Crippen molar-refractivity contribution in [2.24, 2.45) is 0 Å². The lowest BCUT2D eigenvalue weighted by molar-refractivity contribution is -0.383. The minimum Gasteiger partial charge on any atom is -0.328 e. The van der Waals surface area contributed by atoms with E-state index in [2.05, 4.69) is 20.8 Å². The summed E-state index contributed by atoms with van der Waals surface area (Å²) in [6.45, 7) is 0. The fraction of sp³-hybridized carbons (Fsp3) is 0.0625. The third-order valence-corrected chi connectivity index (χ3v) is 5.20. The van der Waals surface area contributed by atoms with Gasteiger partial charge in [-0.1, -0.05) is 47.4 Å². The molecule has 0 saturated heterocycles. The number of anilines is 3. The van der Waals surface area contributed by atoms with Gasteiger partial charge in [0.05, 0.1) is 16.4 Å². The molecule has 3 aromatic rings. The van der Waals surface area contributed by atoms with Crippen molar-refractivity contribution >= 4 is 51.2 Å². The molecular weight excluding hydrogens is 393 g/mol. The van der Waals surface area contributed by atoms with Crippen molar-refractivity contribution < 1.29 is 14.1 Å². The number of benzene rings is 2. The predicted molar refractivity (Wildman–Crippen MR) is 102 cm³/mol. The average Bonchev–Trinajstić information content (AvgIpc) is 3.10. The molecule has 0 radical (unpaired) electrons. The molecule has 0 unspecified atom stereocenters. The lowest BCUT2D eigenvalue weighted by Crippen LogP contribution is -2.15. The molecule has 27 heavy (non-hydrogen) atoms. The van der Waals surface area contributed by atoms with Crippen LogP contribution in [-0.4, -0.2) is 26.8 Å². The van der Waals surface area contributed by atoms with Gasteiger partial charge in [0.15, 0.2) is 4.34 Å². The van der Waals surface area contributed by atoms with Gasteiger partial charge < -0.3 is 10.6 Å². The highest BCUT2D eigenvalue weighted by Crippen LogP contribution is 2.29. The fourth-order valence-electron chi connectivity index (χ4n) is 2.05. The number of aromatic nitrogens is 2. The zero-order chi connectivity index (χ0) is 19.2. The van der Waals surface area contributed by atoms with Crippen LogP contribution in [0.2, 0.25) is 0 Å². The Morgan fingerprint density at radius 1 is 1.15 bits per heavy atom. The quantitative estimate of drug-likeness (QED) is 0.346. The van der Waals surface area contributed by atoms with E-state index in [1.54, 1.807) is 24.3 Å². The van der Waals surface area contributed by atoms with Crippen LogP contribution in [0.25, 0.3) is 0 Å². The fourth-order valence-corrected chi connectivity index (χ4v) is 3.61. The van der Waals surface area contributed by atoms with Crippen molar-refractivity contribution in [3.05, 3.63) is 64.5 Å². The summed E-state index contributed by atoms with van der Waals surface area (Å²) < 4.78 is 14.1. The molecule has 0 aliphatic rings. The number of nitro benzene ring substituents is 1. The van der Waals surface area contributed by atoms with Gasteiger partial charge in [-0.05, 0) is 18.2 Å². The number of hydrogen-bond donors (Lipinski definition) is 2. The second kappa shape index (κ2) is 8.56. The molecule has 0 atom stereocenters. The molecule has 0 bridgehead atoms. The van der Waals surface area contributed by atoms with Crippen LogP contribution in [0.5, 0.6) is 0 Å². The molecule has 1 aromatic heterocycles. The highest BCUT2D eigenvalue weighted by Gasteiger charge is 2.15. The van der Waals surface area contributed by atoms with E-state index < -0.39 is 16.6 Å². The van der Waals surface area contributed by atoms with Gasteiger partial charge in [-0.3, -0.25) is 14.9 Å². The second-order valence-corrected chi connectivity index (χ2v) is 7.29. The van der Waals surface area contributed by atoms with E-state index in [4.69, 9.17) is 0 Å². The van der Waals surface area contributed by atoms with Crippen molar-refractivity contribution in [1.82, 2.24) is 10.2 Å². The third-order valence-electron chi connectivity index (χ3n) is 3.22. The minimum absolute atomic E-state index is 0.000377. The number of nitrogens with zero attached hydrogens (tertiary/aromatic N) is 3. The van der Waals surface area contributed by atoms with Gasteiger partial charge in [0, 0.05) is 6.07 Å². The number of halogens is 1. The van der Waals surface area contributed by atoms with Crippen molar-refractivity contribution in [3.8, 4) is 0 Å². The Morgan fingerprint density at radius 3 is 2.59 bits per heavy atom. The van der Waals surface area contributed by atoms with Gasteiger partial charge in [-0.2, -0.15) is 0 Å². The van der Waals surface area contributed by atoms with Crippen molar-refractivity contribution in [3.63, 3.8) is 0 Å². The Bertz CT molecular complexity index is 982. The van der Waals surface area contributed by atoms with Gasteiger partial charge >= 0.3 is 0 Å². The molecule has 2 N–H and O–H groups in total. The Hall–Kier alpha value is -3.05. The first-order valence-corrected chi connectivity index (χ1v) is 9.34. The van der Waals surface area contributed by atoms with Crippen molar-refractivity contribution in [2.75, 3.05) is 16.4 Å². The van der Waals surface area contributed by atoms with Crippen LogP contribution in [0.1, 0.15) is 0 Å². The van der Waals surface area contributed by atoms with Gasteiger partial charge in [-0.15, -0.1) is 10.2 Å². The van der Waals surface area contributed by atoms with Gasteiger partial charge in [0.2, 0.25) is 11.0 Å². The number of nitro groups is 1. The number of nitrogens with one attached hydrogen (secondary N) is 2. The Kier molecular flexibility index (Phi) is 5.94. The van der Waals surface area contributed by atoms with E-state index >= 15 is 0 Å². The van der Waals surface area contributed by atoms with Gasteiger partial charge in [-0.25, -0.2) is 4.39 Å². The third kappa shape index (κ3) is 4.99. The molecular formula is C16H12FN5O3S2. The lowest BCUT2D eigenvalue weighted by atomic mass is 10.2. The monoisotopic (exact) mass is 405 g/mol. The molecule has 11 heteroatoms. The van der Waals surface area contributed by atoms with Crippen LogP contribution in [0.3, 0.4) is 0 Å². The molecule has 2 aromatic carbocycles. The zero-order valence-electron chi connectivity index (χ0n) is 13.6. The molecule has 3 rings (SSSR count). The van der Waals surface area contributed by atoms with E-state index in [1.165, 1.54) is 35.6 Å². The predicted octanol–water partition coefficient (Wildman–Crippen LogP) is 4.06. The summed E-state index contributed by atoms with van der Waals surface area (Å²) in [5.74, 6) is -0.820. The number of carbonyl (C=O) groups is 1. The second-order valence-electron chi connectivity index (χ2n) is 5.09. The zero-order valence-corrected chi connectivity index (χ0v) is 15.2.